The van der Waals surface area contributed by atoms with E-state index in [9.17, 15) is 8.42 Å². The summed E-state index contributed by atoms with van der Waals surface area (Å²) in [7, 11) is -2.18. The molecular weight excluding hydrogens is 274 g/mol. The molecule has 5 nitrogen and oxygen atoms in total. The number of sulfonamides is 1. The van der Waals surface area contributed by atoms with E-state index >= 15 is 0 Å². The molecular formula is C14H17N3O2S. The normalized spacial score (nSPS) is 11.3. The minimum atomic E-state index is -3.68. The third-order valence-corrected chi connectivity index (χ3v) is 5.13. The van der Waals surface area contributed by atoms with Crippen LogP contribution in [0.25, 0.3) is 0 Å². The van der Waals surface area contributed by atoms with Crippen molar-refractivity contribution in [2.45, 2.75) is 18.7 Å². The number of benzene rings is 1. The second-order valence-corrected chi connectivity index (χ2v) is 6.59. The maximum atomic E-state index is 12.6. The molecule has 6 heteroatoms. The van der Waals surface area contributed by atoms with Gasteiger partial charge in [-0.15, -0.1) is 0 Å². The van der Waals surface area contributed by atoms with Crippen molar-refractivity contribution in [1.29, 1.82) is 0 Å². The van der Waals surface area contributed by atoms with Gasteiger partial charge in [0.1, 0.15) is 4.90 Å². The Kier molecular flexibility index (Phi) is 3.67. The van der Waals surface area contributed by atoms with E-state index in [2.05, 4.69) is 4.98 Å². The van der Waals surface area contributed by atoms with Gasteiger partial charge in [0.25, 0.3) is 10.0 Å². The third kappa shape index (κ3) is 2.46. The summed E-state index contributed by atoms with van der Waals surface area (Å²) in [6.07, 6.45) is 3.09. The van der Waals surface area contributed by atoms with Gasteiger partial charge in [-0.2, -0.15) is 0 Å². The number of rotatable bonds is 3. The first-order valence-electron chi connectivity index (χ1n) is 6.09. The highest BCUT2D eigenvalue weighted by molar-refractivity contribution is 7.93. The van der Waals surface area contributed by atoms with E-state index in [0.29, 0.717) is 5.69 Å². The standard InChI is InChI=1S/C14H17N3O2S/c1-10-8-13(15)14(9-11(10)2)20(18,19)17(3)12-4-6-16-7-5-12/h4-9H,15H2,1-3H3. The number of anilines is 2. The topological polar surface area (TPSA) is 76.3 Å². The quantitative estimate of drug-likeness (QED) is 0.879. The van der Waals surface area contributed by atoms with Gasteiger partial charge in [0, 0.05) is 19.4 Å². The van der Waals surface area contributed by atoms with Crippen LogP contribution in [0.15, 0.2) is 41.6 Å². The number of hydrogen-bond acceptors (Lipinski definition) is 4. The third-order valence-electron chi connectivity index (χ3n) is 3.29. The molecule has 0 aliphatic rings. The average molecular weight is 291 g/mol. The van der Waals surface area contributed by atoms with Crippen molar-refractivity contribution in [3.63, 3.8) is 0 Å². The Hall–Kier alpha value is -2.08. The van der Waals surface area contributed by atoms with Gasteiger partial charge in [0.15, 0.2) is 0 Å². The zero-order valence-electron chi connectivity index (χ0n) is 11.7. The van der Waals surface area contributed by atoms with Crippen LogP contribution < -0.4 is 10.0 Å². The molecule has 20 heavy (non-hydrogen) atoms. The van der Waals surface area contributed by atoms with Crippen LogP contribution >= 0.6 is 0 Å². The van der Waals surface area contributed by atoms with E-state index in [0.717, 1.165) is 11.1 Å². The van der Waals surface area contributed by atoms with E-state index < -0.39 is 10.0 Å². The lowest BCUT2D eigenvalue weighted by atomic mass is 10.1. The van der Waals surface area contributed by atoms with Crippen molar-refractivity contribution in [3.8, 4) is 0 Å². The van der Waals surface area contributed by atoms with Crippen LogP contribution in [-0.2, 0) is 10.0 Å². The molecule has 0 unspecified atom stereocenters. The summed E-state index contributed by atoms with van der Waals surface area (Å²) in [5.41, 5.74) is 8.53. The molecule has 2 aromatic rings. The lowest BCUT2D eigenvalue weighted by molar-refractivity contribution is 0.594. The number of hydrogen-bond donors (Lipinski definition) is 1. The average Bonchev–Trinajstić information content (AvgIpc) is 2.42. The predicted octanol–water partition coefficient (Wildman–Crippen LogP) is 2.11. The molecule has 0 saturated heterocycles. The second-order valence-electron chi connectivity index (χ2n) is 4.65. The number of nitrogen functional groups attached to an aromatic ring is 1. The molecule has 0 fully saturated rings. The first-order chi connectivity index (χ1) is 9.34. The van der Waals surface area contributed by atoms with Crippen LogP contribution in [0.5, 0.6) is 0 Å². The number of nitrogens with zero attached hydrogens (tertiary/aromatic N) is 2. The zero-order valence-corrected chi connectivity index (χ0v) is 12.5. The van der Waals surface area contributed by atoms with Crippen LogP contribution in [0.2, 0.25) is 0 Å². The number of aryl methyl sites for hydroxylation is 2. The van der Waals surface area contributed by atoms with Gasteiger partial charge in [-0.25, -0.2) is 8.42 Å². The van der Waals surface area contributed by atoms with Gasteiger partial charge in [-0.1, -0.05) is 0 Å². The van der Waals surface area contributed by atoms with E-state index in [1.54, 1.807) is 36.7 Å². The van der Waals surface area contributed by atoms with E-state index in [4.69, 9.17) is 5.73 Å². The molecule has 2 N–H and O–H groups in total. The minimum Gasteiger partial charge on any atom is -0.398 e. The van der Waals surface area contributed by atoms with E-state index in [-0.39, 0.29) is 10.6 Å². The Balaban J connectivity index is 2.54. The van der Waals surface area contributed by atoms with Gasteiger partial charge in [-0.05, 0) is 49.2 Å². The lowest BCUT2D eigenvalue weighted by Gasteiger charge is -2.21. The second kappa shape index (κ2) is 5.13. The van der Waals surface area contributed by atoms with Crippen LogP contribution in [-0.4, -0.2) is 20.4 Å². The fourth-order valence-electron chi connectivity index (χ4n) is 1.88. The molecule has 0 amide bonds. The van der Waals surface area contributed by atoms with Crippen molar-refractivity contribution in [1.82, 2.24) is 4.98 Å². The zero-order chi connectivity index (χ0) is 14.9. The predicted molar refractivity (Wildman–Crippen MR) is 80.2 cm³/mol. The molecule has 0 aliphatic heterocycles. The monoisotopic (exact) mass is 291 g/mol. The van der Waals surface area contributed by atoms with Gasteiger partial charge in [0.05, 0.1) is 11.4 Å². The molecule has 2 rings (SSSR count). The van der Waals surface area contributed by atoms with E-state index in [1.165, 1.54) is 11.4 Å². The molecule has 0 atom stereocenters. The maximum absolute atomic E-state index is 12.6. The highest BCUT2D eigenvalue weighted by Crippen LogP contribution is 2.27. The van der Waals surface area contributed by atoms with Crippen molar-refractivity contribution < 1.29 is 8.42 Å². The highest BCUT2D eigenvalue weighted by Gasteiger charge is 2.24. The molecule has 1 aromatic heterocycles. The molecule has 1 heterocycles. The molecule has 0 spiro atoms. The first kappa shape index (κ1) is 14.3. The Bertz CT molecular complexity index is 728. The summed E-state index contributed by atoms with van der Waals surface area (Å²) in [6, 6.07) is 6.56. The summed E-state index contributed by atoms with van der Waals surface area (Å²) >= 11 is 0. The lowest BCUT2D eigenvalue weighted by Crippen LogP contribution is -2.27. The first-order valence-corrected chi connectivity index (χ1v) is 7.53. The van der Waals surface area contributed by atoms with Crippen LogP contribution in [0.3, 0.4) is 0 Å². The largest absolute Gasteiger partial charge is 0.398 e. The van der Waals surface area contributed by atoms with E-state index in [1.807, 2.05) is 13.8 Å². The van der Waals surface area contributed by atoms with Crippen molar-refractivity contribution >= 4 is 21.4 Å². The number of nitrogens with two attached hydrogens (primary N) is 1. The van der Waals surface area contributed by atoms with Gasteiger partial charge < -0.3 is 5.73 Å². The smallest absolute Gasteiger partial charge is 0.266 e. The fourth-order valence-corrected chi connectivity index (χ4v) is 3.25. The highest BCUT2D eigenvalue weighted by atomic mass is 32.2. The summed E-state index contributed by atoms with van der Waals surface area (Å²) in [6.45, 7) is 3.76. The van der Waals surface area contributed by atoms with Crippen molar-refractivity contribution in [3.05, 3.63) is 47.8 Å². The Morgan fingerprint density at radius 1 is 1.10 bits per heavy atom. The molecule has 0 aliphatic carbocycles. The summed E-state index contributed by atoms with van der Waals surface area (Å²) in [5, 5.41) is 0. The van der Waals surface area contributed by atoms with Gasteiger partial charge in [0.2, 0.25) is 0 Å². The van der Waals surface area contributed by atoms with Gasteiger partial charge in [-0.3, -0.25) is 9.29 Å². The van der Waals surface area contributed by atoms with Crippen LogP contribution in [0, 0.1) is 13.8 Å². The molecule has 106 valence electrons. The van der Waals surface area contributed by atoms with Crippen molar-refractivity contribution in [2.24, 2.45) is 0 Å². The minimum absolute atomic E-state index is 0.125. The maximum Gasteiger partial charge on any atom is 0.266 e. The Labute approximate surface area is 119 Å². The van der Waals surface area contributed by atoms with Crippen molar-refractivity contribution in [2.75, 3.05) is 17.1 Å². The Morgan fingerprint density at radius 3 is 2.25 bits per heavy atom. The molecule has 0 bridgehead atoms. The molecule has 0 saturated carbocycles. The number of pyridine rings is 1. The fraction of sp³-hybridized carbons (Fsp3) is 0.214. The van der Waals surface area contributed by atoms with Crippen LogP contribution in [0.1, 0.15) is 11.1 Å². The number of aromatic nitrogens is 1. The summed E-state index contributed by atoms with van der Waals surface area (Å²) in [5.74, 6) is 0. The Morgan fingerprint density at radius 2 is 1.65 bits per heavy atom. The summed E-state index contributed by atoms with van der Waals surface area (Å²) < 4.78 is 26.5. The summed E-state index contributed by atoms with van der Waals surface area (Å²) in [4.78, 5) is 4.00. The molecule has 0 radical (unpaired) electrons. The van der Waals surface area contributed by atoms with Crippen LogP contribution in [0.4, 0.5) is 11.4 Å². The SMILES string of the molecule is Cc1cc(N)c(S(=O)(=O)N(C)c2ccncc2)cc1C. The van der Waals surface area contributed by atoms with Gasteiger partial charge >= 0.3 is 0 Å². The molecule has 1 aromatic carbocycles.